The van der Waals surface area contributed by atoms with Gasteiger partial charge in [0.05, 0.1) is 25.0 Å². The van der Waals surface area contributed by atoms with E-state index in [2.05, 4.69) is 15.6 Å². The second-order valence-corrected chi connectivity index (χ2v) is 6.93. The minimum atomic E-state index is -0.347. The maximum atomic E-state index is 12.4. The Morgan fingerprint density at radius 2 is 2.00 bits per heavy atom. The summed E-state index contributed by atoms with van der Waals surface area (Å²) < 4.78 is 11.2. The first-order valence-electron chi connectivity index (χ1n) is 9.96. The van der Waals surface area contributed by atoms with Crippen LogP contribution in [0.3, 0.4) is 0 Å². The Morgan fingerprint density at radius 1 is 1.16 bits per heavy atom. The Morgan fingerprint density at radius 3 is 2.81 bits per heavy atom. The summed E-state index contributed by atoms with van der Waals surface area (Å²) in [7, 11) is 1.55. The summed E-state index contributed by atoms with van der Waals surface area (Å²) in [5.74, 6) is 0.706. The highest BCUT2D eigenvalue weighted by Crippen LogP contribution is 2.32. The van der Waals surface area contributed by atoms with E-state index >= 15 is 0 Å². The minimum absolute atomic E-state index is 0.149. The topological polar surface area (TPSA) is 89.6 Å². The third kappa shape index (κ3) is 5.02. The van der Waals surface area contributed by atoms with Gasteiger partial charge in [-0.15, -0.1) is 0 Å². The number of aromatic nitrogens is 1. The average molecular weight is 427 g/mol. The molecule has 4 rings (SSSR count). The zero-order valence-corrected chi connectivity index (χ0v) is 17.4. The minimum Gasteiger partial charge on any atom is -0.496 e. The monoisotopic (exact) mass is 427 g/mol. The molecule has 3 aromatic rings. The van der Waals surface area contributed by atoms with Crippen molar-refractivity contribution in [1.29, 1.82) is 0 Å². The van der Waals surface area contributed by atoms with Crippen LogP contribution in [0.4, 0.5) is 5.69 Å². The number of hydrogen-bond donors (Lipinski definition) is 2. The van der Waals surface area contributed by atoms with Crippen molar-refractivity contribution in [1.82, 2.24) is 10.3 Å². The molecule has 0 fully saturated rings. The molecule has 2 heterocycles. The standard InChI is InChI=1S/C25H21N3O4/c1-31-21-11-9-17(10-12-24(29)27-16-19-6-4-5-13-26-19)14-18(21)15-23-25(30)28-20-7-2-3-8-22(20)32-23/h2-15H,16H2,1H3,(H,27,29)(H,28,30)/b12-10+,23-15-. The summed E-state index contributed by atoms with van der Waals surface area (Å²) in [5.41, 5.74) is 2.81. The van der Waals surface area contributed by atoms with Crippen LogP contribution in [0.1, 0.15) is 16.8 Å². The Labute approximate surface area is 185 Å². The molecule has 7 heteroatoms. The summed E-state index contributed by atoms with van der Waals surface area (Å²) >= 11 is 0. The van der Waals surface area contributed by atoms with Crippen LogP contribution in [0.25, 0.3) is 12.2 Å². The summed E-state index contributed by atoms with van der Waals surface area (Å²) in [6, 6.07) is 18.1. The SMILES string of the molecule is COc1ccc(/C=C/C(=O)NCc2ccccn2)cc1/C=C1\Oc2ccccc2NC1=O. The van der Waals surface area contributed by atoms with Crippen LogP contribution < -0.4 is 20.1 Å². The van der Waals surface area contributed by atoms with Gasteiger partial charge in [-0.2, -0.15) is 0 Å². The van der Waals surface area contributed by atoms with Crippen molar-refractivity contribution in [3.63, 3.8) is 0 Å². The van der Waals surface area contributed by atoms with E-state index in [1.807, 2.05) is 42.5 Å². The number of carbonyl (C=O) groups is 2. The molecule has 2 amide bonds. The lowest BCUT2D eigenvalue weighted by Crippen LogP contribution is -2.23. The third-order valence-corrected chi connectivity index (χ3v) is 4.72. The normalized spacial score (nSPS) is 13.9. The van der Waals surface area contributed by atoms with Crippen LogP contribution in [0.5, 0.6) is 11.5 Å². The smallest absolute Gasteiger partial charge is 0.291 e. The molecule has 1 aromatic heterocycles. The van der Waals surface area contributed by atoms with E-state index in [0.717, 1.165) is 11.3 Å². The molecule has 7 nitrogen and oxygen atoms in total. The van der Waals surface area contributed by atoms with Gasteiger partial charge in [-0.1, -0.05) is 24.3 Å². The zero-order valence-electron chi connectivity index (χ0n) is 17.4. The van der Waals surface area contributed by atoms with Crippen molar-refractivity contribution in [2.45, 2.75) is 6.54 Å². The van der Waals surface area contributed by atoms with E-state index in [1.165, 1.54) is 6.08 Å². The van der Waals surface area contributed by atoms with Crippen LogP contribution in [-0.4, -0.2) is 23.9 Å². The maximum Gasteiger partial charge on any atom is 0.291 e. The summed E-state index contributed by atoms with van der Waals surface area (Å²) in [4.78, 5) is 28.7. The van der Waals surface area contributed by atoms with Gasteiger partial charge < -0.3 is 20.1 Å². The molecule has 2 N–H and O–H groups in total. The number of anilines is 1. The number of para-hydroxylation sites is 2. The van der Waals surface area contributed by atoms with Gasteiger partial charge in [0.15, 0.2) is 11.5 Å². The molecule has 0 radical (unpaired) electrons. The van der Waals surface area contributed by atoms with Crippen LogP contribution in [0, 0.1) is 0 Å². The Kier molecular flexibility index (Phi) is 6.27. The molecular weight excluding hydrogens is 406 g/mol. The number of nitrogens with one attached hydrogen (secondary N) is 2. The van der Waals surface area contributed by atoms with E-state index in [0.29, 0.717) is 29.3 Å². The molecular formula is C25H21N3O4. The van der Waals surface area contributed by atoms with Crippen LogP contribution in [0.15, 0.2) is 78.7 Å². The summed E-state index contributed by atoms with van der Waals surface area (Å²) in [6.07, 6.45) is 6.43. The largest absolute Gasteiger partial charge is 0.496 e. The highest BCUT2D eigenvalue weighted by Gasteiger charge is 2.22. The third-order valence-electron chi connectivity index (χ3n) is 4.72. The first-order chi connectivity index (χ1) is 15.6. The molecule has 0 spiro atoms. The molecule has 1 aliphatic heterocycles. The number of carbonyl (C=O) groups excluding carboxylic acids is 2. The molecule has 0 bridgehead atoms. The fourth-order valence-electron chi connectivity index (χ4n) is 3.12. The van der Waals surface area contributed by atoms with Crippen molar-refractivity contribution in [2.24, 2.45) is 0 Å². The number of amides is 2. The van der Waals surface area contributed by atoms with Gasteiger partial charge in [-0.3, -0.25) is 14.6 Å². The molecule has 0 aliphatic carbocycles. The van der Waals surface area contributed by atoms with Crippen LogP contribution >= 0.6 is 0 Å². The predicted molar refractivity (Wildman–Crippen MR) is 122 cm³/mol. The number of pyridine rings is 1. The van der Waals surface area contributed by atoms with Crippen molar-refractivity contribution in [3.05, 3.63) is 95.5 Å². The molecule has 0 unspecified atom stereocenters. The highest BCUT2D eigenvalue weighted by molar-refractivity contribution is 6.08. The molecule has 0 saturated heterocycles. The number of hydrogen-bond acceptors (Lipinski definition) is 5. The first kappa shape index (κ1) is 20.9. The van der Waals surface area contributed by atoms with E-state index in [1.54, 1.807) is 43.7 Å². The lowest BCUT2D eigenvalue weighted by atomic mass is 10.1. The average Bonchev–Trinajstić information content (AvgIpc) is 2.82. The van der Waals surface area contributed by atoms with Crippen molar-refractivity contribution < 1.29 is 19.1 Å². The first-order valence-corrected chi connectivity index (χ1v) is 9.96. The quantitative estimate of drug-likeness (QED) is 0.584. The second-order valence-electron chi connectivity index (χ2n) is 6.93. The molecule has 160 valence electrons. The van der Waals surface area contributed by atoms with Gasteiger partial charge in [-0.25, -0.2) is 0 Å². The Balaban J connectivity index is 1.50. The van der Waals surface area contributed by atoms with Crippen molar-refractivity contribution >= 4 is 29.7 Å². The van der Waals surface area contributed by atoms with Gasteiger partial charge in [0.1, 0.15) is 5.75 Å². The molecule has 2 aromatic carbocycles. The van der Waals surface area contributed by atoms with Crippen molar-refractivity contribution in [2.75, 3.05) is 12.4 Å². The maximum absolute atomic E-state index is 12.4. The van der Waals surface area contributed by atoms with E-state index in [4.69, 9.17) is 9.47 Å². The fourth-order valence-corrected chi connectivity index (χ4v) is 3.12. The number of fused-ring (bicyclic) bond motifs is 1. The van der Waals surface area contributed by atoms with Crippen molar-refractivity contribution in [3.8, 4) is 11.5 Å². The van der Waals surface area contributed by atoms with Crippen LogP contribution in [-0.2, 0) is 16.1 Å². The van der Waals surface area contributed by atoms with Crippen LogP contribution in [0.2, 0.25) is 0 Å². The fraction of sp³-hybridized carbons (Fsp3) is 0.0800. The Bertz CT molecular complexity index is 1200. The predicted octanol–water partition coefficient (Wildman–Crippen LogP) is 3.79. The number of benzene rings is 2. The number of ether oxygens (including phenoxy) is 2. The molecule has 0 saturated carbocycles. The van der Waals surface area contributed by atoms with Gasteiger partial charge in [-0.05, 0) is 54.1 Å². The van der Waals surface area contributed by atoms with Gasteiger partial charge >= 0.3 is 0 Å². The van der Waals surface area contributed by atoms with Gasteiger partial charge in [0, 0.05) is 17.8 Å². The lowest BCUT2D eigenvalue weighted by molar-refractivity contribution is -0.116. The van der Waals surface area contributed by atoms with Gasteiger partial charge in [0.2, 0.25) is 5.91 Å². The van der Waals surface area contributed by atoms with E-state index < -0.39 is 0 Å². The zero-order chi connectivity index (χ0) is 22.3. The van der Waals surface area contributed by atoms with Gasteiger partial charge in [0.25, 0.3) is 5.91 Å². The number of nitrogens with zero attached hydrogens (tertiary/aromatic N) is 1. The number of rotatable bonds is 6. The summed E-state index contributed by atoms with van der Waals surface area (Å²) in [6.45, 7) is 0.345. The van der Waals surface area contributed by atoms with E-state index in [9.17, 15) is 9.59 Å². The lowest BCUT2D eigenvalue weighted by Gasteiger charge is -2.19. The molecule has 1 aliphatic rings. The number of methoxy groups -OCH3 is 1. The second kappa shape index (κ2) is 9.61. The summed E-state index contributed by atoms with van der Waals surface area (Å²) in [5, 5.41) is 5.59. The van der Waals surface area contributed by atoms with E-state index in [-0.39, 0.29) is 17.6 Å². The molecule has 0 atom stereocenters. The highest BCUT2D eigenvalue weighted by atomic mass is 16.5. The Hall–Kier alpha value is -4.39. The molecule has 32 heavy (non-hydrogen) atoms.